The summed E-state index contributed by atoms with van der Waals surface area (Å²) in [6, 6.07) is 10.8. The lowest BCUT2D eigenvalue weighted by molar-refractivity contribution is -0.125. The number of aliphatic hydroxyl groups is 1. The number of nitrogens with one attached hydrogen (secondary N) is 2. The molecule has 0 fully saturated rings. The van der Waals surface area contributed by atoms with E-state index in [0.29, 0.717) is 35.1 Å². The second-order valence-corrected chi connectivity index (χ2v) is 9.01. The average Bonchev–Trinajstić information content (AvgIpc) is 3.12. The van der Waals surface area contributed by atoms with Crippen LogP contribution in [0, 0.1) is 11.2 Å². The van der Waals surface area contributed by atoms with Crippen molar-refractivity contribution >= 4 is 28.4 Å². The molecule has 9 heteroatoms. The Labute approximate surface area is 192 Å². The third-order valence-electron chi connectivity index (χ3n) is 5.31. The summed E-state index contributed by atoms with van der Waals surface area (Å²) < 4.78 is 15.9. The van der Waals surface area contributed by atoms with Crippen molar-refractivity contribution in [1.29, 1.82) is 0 Å². The molecule has 0 aliphatic heterocycles. The van der Waals surface area contributed by atoms with Crippen LogP contribution in [0.5, 0.6) is 0 Å². The molecule has 2 aromatic carbocycles. The predicted octanol–water partition coefficient (Wildman–Crippen LogP) is 2.45. The number of nitrogen functional groups attached to an aromatic ring is 1. The van der Waals surface area contributed by atoms with Gasteiger partial charge in [-0.2, -0.15) is 5.10 Å². The number of para-hydroxylation sites is 1. The van der Waals surface area contributed by atoms with E-state index in [-0.39, 0.29) is 24.8 Å². The van der Waals surface area contributed by atoms with Crippen LogP contribution in [-0.2, 0) is 11.3 Å². The van der Waals surface area contributed by atoms with Crippen LogP contribution in [0.1, 0.15) is 43.2 Å². The molecule has 0 spiro atoms. The van der Waals surface area contributed by atoms with Crippen LogP contribution in [0.4, 0.5) is 10.1 Å². The number of carbonyl (C=O) groups is 2. The highest BCUT2D eigenvalue weighted by atomic mass is 19.1. The Hall–Kier alpha value is -3.46. The molecule has 0 aliphatic carbocycles. The minimum absolute atomic E-state index is 0.0369. The number of nitrogens with two attached hydrogens (primary N) is 1. The normalized spacial score (nSPS) is 12.5. The highest BCUT2D eigenvalue weighted by molar-refractivity contribution is 6.06. The minimum Gasteiger partial charge on any atom is -0.399 e. The number of rotatable bonds is 8. The van der Waals surface area contributed by atoms with E-state index >= 15 is 0 Å². The number of aromatic nitrogens is 2. The molecular formula is C24H30FN5O3. The molecule has 1 atom stereocenters. The number of nitrogens with zero attached hydrogens (tertiary/aromatic N) is 2. The lowest BCUT2D eigenvalue weighted by atomic mass is 9.86. The fourth-order valence-corrected chi connectivity index (χ4v) is 3.54. The molecule has 0 aliphatic rings. The number of anilines is 1. The number of aliphatic hydroxyl groups excluding tert-OH is 1. The second kappa shape index (κ2) is 9.99. The van der Waals surface area contributed by atoms with E-state index < -0.39 is 23.2 Å². The van der Waals surface area contributed by atoms with Crippen molar-refractivity contribution in [1.82, 2.24) is 20.4 Å². The number of halogens is 1. The highest BCUT2D eigenvalue weighted by Gasteiger charge is 2.34. The summed E-state index contributed by atoms with van der Waals surface area (Å²) in [5.74, 6) is -1.29. The summed E-state index contributed by atoms with van der Waals surface area (Å²) in [4.78, 5) is 26.0. The number of amides is 2. The number of fused-ring (bicyclic) bond motifs is 1. The zero-order valence-corrected chi connectivity index (χ0v) is 19.1. The van der Waals surface area contributed by atoms with Gasteiger partial charge in [0.05, 0.1) is 12.1 Å². The molecule has 1 unspecified atom stereocenters. The van der Waals surface area contributed by atoms with Crippen LogP contribution in [0.25, 0.3) is 10.9 Å². The first-order chi connectivity index (χ1) is 15.6. The number of benzene rings is 2. The number of hydrogen-bond donors (Lipinski definition) is 4. The molecule has 8 nitrogen and oxygen atoms in total. The summed E-state index contributed by atoms with van der Waals surface area (Å²) in [6.45, 7) is 5.94. The van der Waals surface area contributed by atoms with Crippen LogP contribution in [0.3, 0.4) is 0 Å². The fraction of sp³-hybridized carbons (Fsp3) is 0.375. The maximum atomic E-state index is 14.4. The van der Waals surface area contributed by atoms with E-state index in [1.165, 1.54) is 6.07 Å². The van der Waals surface area contributed by atoms with Crippen LogP contribution >= 0.6 is 0 Å². The molecule has 33 heavy (non-hydrogen) atoms. The van der Waals surface area contributed by atoms with Gasteiger partial charge in [0, 0.05) is 29.8 Å². The molecule has 1 aromatic heterocycles. The third kappa shape index (κ3) is 5.67. The van der Waals surface area contributed by atoms with Gasteiger partial charge in [0.15, 0.2) is 5.69 Å². The van der Waals surface area contributed by atoms with E-state index in [0.717, 1.165) is 0 Å². The van der Waals surface area contributed by atoms with Gasteiger partial charge >= 0.3 is 0 Å². The van der Waals surface area contributed by atoms with Crippen molar-refractivity contribution in [2.75, 3.05) is 18.9 Å². The largest absolute Gasteiger partial charge is 0.399 e. The van der Waals surface area contributed by atoms with Crippen molar-refractivity contribution in [2.24, 2.45) is 5.41 Å². The van der Waals surface area contributed by atoms with E-state index in [1.807, 2.05) is 26.8 Å². The molecule has 3 rings (SSSR count). The molecule has 0 saturated heterocycles. The van der Waals surface area contributed by atoms with Crippen molar-refractivity contribution in [3.05, 3.63) is 59.5 Å². The summed E-state index contributed by atoms with van der Waals surface area (Å²) in [6.07, 6.45) is 0.424. The lowest BCUT2D eigenvalue weighted by Crippen LogP contribution is -2.53. The first-order valence-corrected chi connectivity index (χ1v) is 10.8. The standard InChI is InChI=1S/C24H30FN5O3/c1-24(2,3)21(23(33)27-11-6-12-31)28-22(32)20-17-7-4-5-8-19(17)30(29-20)14-15-9-10-16(26)13-18(15)25/h4-5,7-10,13,21,31H,6,11-12,14,26H2,1-3H3,(H,27,33)(H,28,32). The summed E-state index contributed by atoms with van der Waals surface area (Å²) in [5, 5.41) is 19.6. The zero-order chi connectivity index (χ0) is 24.2. The van der Waals surface area contributed by atoms with Crippen molar-refractivity contribution < 1.29 is 19.1 Å². The summed E-state index contributed by atoms with van der Waals surface area (Å²) in [5.41, 5.74) is 6.61. The Bertz CT molecular complexity index is 1150. The van der Waals surface area contributed by atoms with Crippen molar-refractivity contribution in [3.63, 3.8) is 0 Å². The molecule has 176 valence electrons. The maximum Gasteiger partial charge on any atom is 0.273 e. The van der Waals surface area contributed by atoms with Crippen LogP contribution in [0.2, 0.25) is 0 Å². The van der Waals surface area contributed by atoms with Gasteiger partial charge in [0.1, 0.15) is 11.9 Å². The van der Waals surface area contributed by atoms with Gasteiger partial charge in [0.2, 0.25) is 5.91 Å². The van der Waals surface area contributed by atoms with Gasteiger partial charge in [-0.15, -0.1) is 0 Å². The SMILES string of the molecule is CC(C)(C)C(NC(=O)c1nn(Cc2ccc(N)cc2F)c2ccccc12)C(=O)NCCCO. The zero-order valence-electron chi connectivity index (χ0n) is 19.1. The van der Waals surface area contributed by atoms with E-state index in [2.05, 4.69) is 15.7 Å². The van der Waals surface area contributed by atoms with Gasteiger partial charge in [-0.25, -0.2) is 4.39 Å². The predicted molar refractivity (Wildman–Crippen MR) is 125 cm³/mol. The first-order valence-electron chi connectivity index (χ1n) is 10.8. The Morgan fingerprint density at radius 1 is 1.21 bits per heavy atom. The monoisotopic (exact) mass is 455 g/mol. The lowest BCUT2D eigenvalue weighted by Gasteiger charge is -2.30. The highest BCUT2D eigenvalue weighted by Crippen LogP contribution is 2.23. The van der Waals surface area contributed by atoms with Gasteiger partial charge in [-0.1, -0.05) is 45.0 Å². The minimum atomic E-state index is -0.817. The Morgan fingerprint density at radius 2 is 1.94 bits per heavy atom. The van der Waals surface area contributed by atoms with Gasteiger partial charge in [0.25, 0.3) is 5.91 Å². The van der Waals surface area contributed by atoms with E-state index in [9.17, 15) is 14.0 Å². The Balaban J connectivity index is 1.91. The quantitative estimate of drug-likeness (QED) is 0.307. The number of hydrogen-bond acceptors (Lipinski definition) is 5. The van der Waals surface area contributed by atoms with E-state index in [4.69, 9.17) is 10.8 Å². The molecule has 0 saturated carbocycles. The maximum absolute atomic E-state index is 14.4. The van der Waals surface area contributed by atoms with Gasteiger partial charge in [-0.3, -0.25) is 14.3 Å². The molecular weight excluding hydrogens is 425 g/mol. The smallest absolute Gasteiger partial charge is 0.273 e. The van der Waals surface area contributed by atoms with Crippen LogP contribution < -0.4 is 16.4 Å². The van der Waals surface area contributed by atoms with Gasteiger partial charge < -0.3 is 21.5 Å². The first kappa shape index (κ1) is 24.2. The molecule has 3 aromatic rings. The van der Waals surface area contributed by atoms with Crippen LogP contribution in [0.15, 0.2) is 42.5 Å². The van der Waals surface area contributed by atoms with Gasteiger partial charge in [-0.05, 0) is 30.0 Å². The Kier molecular flexibility index (Phi) is 7.33. The summed E-state index contributed by atoms with van der Waals surface area (Å²) >= 11 is 0. The average molecular weight is 456 g/mol. The molecule has 2 amide bonds. The summed E-state index contributed by atoms with van der Waals surface area (Å²) in [7, 11) is 0. The van der Waals surface area contributed by atoms with E-state index in [1.54, 1.807) is 35.0 Å². The number of carbonyl (C=O) groups excluding carboxylic acids is 2. The van der Waals surface area contributed by atoms with Crippen molar-refractivity contribution in [3.8, 4) is 0 Å². The molecule has 0 radical (unpaired) electrons. The topological polar surface area (TPSA) is 122 Å². The second-order valence-electron chi connectivity index (χ2n) is 9.01. The fourth-order valence-electron chi connectivity index (χ4n) is 3.54. The third-order valence-corrected chi connectivity index (χ3v) is 5.31. The molecule has 0 bridgehead atoms. The van der Waals surface area contributed by atoms with Crippen LogP contribution in [-0.4, -0.2) is 45.9 Å². The molecule has 1 heterocycles. The Morgan fingerprint density at radius 3 is 2.61 bits per heavy atom. The molecule has 5 N–H and O–H groups in total. The van der Waals surface area contributed by atoms with Crippen molar-refractivity contribution in [2.45, 2.75) is 39.8 Å².